The summed E-state index contributed by atoms with van der Waals surface area (Å²) in [5.74, 6) is -2.20. The summed E-state index contributed by atoms with van der Waals surface area (Å²) >= 11 is 0. The summed E-state index contributed by atoms with van der Waals surface area (Å²) in [5, 5.41) is 31.3. The number of carbonyl (C=O) groups is 3. The van der Waals surface area contributed by atoms with Crippen LogP contribution in [0, 0.1) is 11.8 Å². The molecule has 0 spiro atoms. The third-order valence-electron chi connectivity index (χ3n) is 9.67. The van der Waals surface area contributed by atoms with E-state index in [-0.39, 0.29) is 57.6 Å². The van der Waals surface area contributed by atoms with Crippen LogP contribution < -0.4 is 5.73 Å². The molecule has 14 heteroatoms. The van der Waals surface area contributed by atoms with E-state index < -0.39 is 62.6 Å². The molecule has 13 nitrogen and oxygen atoms in total. The first-order chi connectivity index (χ1) is 27.4. The fraction of sp³-hybridized carbons (Fsp3) is 0.744. The SMILES string of the molecule is CCCCC/C=C\C/C=C\C/C=C\CCCCC(=O)OC[C@H](COP(=O)(O)OCCN)OC(=O)CCCCC(=O)C[C@@H]1[C@@H](/C=C/[C@@H](O)CCCCC)[C@H](O)C[C@@H]1O. The van der Waals surface area contributed by atoms with Crippen molar-refractivity contribution in [3.63, 3.8) is 0 Å². The second kappa shape index (κ2) is 33.4. The van der Waals surface area contributed by atoms with Gasteiger partial charge in [0.1, 0.15) is 12.4 Å². The molecule has 57 heavy (non-hydrogen) atoms. The lowest BCUT2D eigenvalue weighted by molar-refractivity contribution is -0.161. The molecule has 6 N–H and O–H groups in total. The second-order valence-electron chi connectivity index (χ2n) is 14.8. The number of nitrogens with two attached hydrogens (primary N) is 1. The van der Waals surface area contributed by atoms with E-state index in [1.807, 2.05) is 0 Å². The van der Waals surface area contributed by atoms with Gasteiger partial charge in [-0.2, -0.15) is 0 Å². The Bertz CT molecular complexity index is 1250. The number of hydrogen-bond acceptors (Lipinski definition) is 12. The molecule has 0 bridgehead atoms. The Labute approximate surface area is 341 Å². The van der Waals surface area contributed by atoms with E-state index >= 15 is 0 Å². The van der Waals surface area contributed by atoms with E-state index in [2.05, 4.69) is 50.3 Å². The Balaban J connectivity index is 2.49. The van der Waals surface area contributed by atoms with Crippen LogP contribution in [0.25, 0.3) is 0 Å². The summed E-state index contributed by atoms with van der Waals surface area (Å²) in [4.78, 5) is 47.8. The van der Waals surface area contributed by atoms with Crippen LogP contribution in [0.1, 0.15) is 142 Å². The topological polar surface area (TPSA) is 212 Å². The maximum atomic E-state index is 12.8. The molecule has 7 atom stereocenters. The summed E-state index contributed by atoms with van der Waals surface area (Å²) < 4.78 is 32.6. The fourth-order valence-electron chi connectivity index (χ4n) is 6.40. The number of rotatable bonds is 35. The highest BCUT2D eigenvalue weighted by atomic mass is 31.2. The number of esters is 2. The molecule has 1 rings (SSSR count). The number of carbonyl (C=O) groups excluding carboxylic acids is 3. The predicted octanol–water partition coefficient (Wildman–Crippen LogP) is 7.50. The van der Waals surface area contributed by atoms with E-state index in [1.54, 1.807) is 12.2 Å². The smallest absolute Gasteiger partial charge is 0.462 e. The van der Waals surface area contributed by atoms with Gasteiger partial charge in [0.05, 0.1) is 31.5 Å². The van der Waals surface area contributed by atoms with Gasteiger partial charge in [0.15, 0.2) is 6.10 Å². The van der Waals surface area contributed by atoms with E-state index in [0.29, 0.717) is 25.7 Å². The summed E-state index contributed by atoms with van der Waals surface area (Å²) in [6, 6.07) is 0. The van der Waals surface area contributed by atoms with E-state index in [0.717, 1.165) is 51.4 Å². The van der Waals surface area contributed by atoms with Crippen LogP contribution in [0.15, 0.2) is 48.6 Å². The highest BCUT2D eigenvalue weighted by molar-refractivity contribution is 7.47. The van der Waals surface area contributed by atoms with Crippen molar-refractivity contribution in [1.29, 1.82) is 0 Å². The predicted molar refractivity (Wildman–Crippen MR) is 222 cm³/mol. The number of Topliss-reactive ketones (excluding diaryl/α,β-unsaturated/α-hetero) is 1. The van der Waals surface area contributed by atoms with Crippen molar-refractivity contribution < 1.29 is 57.7 Å². The van der Waals surface area contributed by atoms with Gasteiger partial charge < -0.3 is 35.4 Å². The van der Waals surface area contributed by atoms with Crippen LogP contribution in [0.5, 0.6) is 0 Å². The lowest BCUT2D eigenvalue weighted by Crippen LogP contribution is -2.29. The molecule has 0 radical (unpaired) electrons. The Kier molecular flexibility index (Phi) is 30.8. The zero-order chi connectivity index (χ0) is 42.2. The normalized spacial score (nSPS) is 20.8. The number of aliphatic hydroxyl groups excluding tert-OH is 3. The van der Waals surface area contributed by atoms with Crippen molar-refractivity contribution in [3.05, 3.63) is 48.6 Å². The van der Waals surface area contributed by atoms with Gasteiger partial charge in [-0.15, -0.1) is 0 Å². The van der Waals surface area contributed by atoms with Crippen molar-refractivity contribution in [2.45, 2.75) is 167 Å². The number of hydrogen-bond donors (Lipinski definition) is 5. The highest BCUT2D eigenvalue weighted by Gasteiger charge is 2.41. The first-order valence-corrected chi connectivity index (χ1v) is 22.8. The molecule has 0 heterocycles. The molecule has 0 aromatic heterocycles. The largest absolute Gasteiger partial charge is 0.472 e. The van der Waals surface area contributed by atoms with Crippen molar-refractivity contribution in [3.8, 4) is 0 Å². The average Bonchev–Trinajstić information content (AvgIpc) is 3.44. The van der Waals surface area contributed by atoms with Crippen molar-refractivity contribution in [2.75, 3.05) is 26.4 Å². The van der Waals surface area contributed by atoms with Crippen LogP contribution in [0.2, 0.25) is 0 Å². The first-order valence-electron chi connectivity index (χ1n) is 21.3. The monoisotopic (exact) mass is 827 g/mol. The average molecular weight is 828 g/mol. The van der Waals surface area contributed by atoms with Gasteiger partial charge in [0.2, 0.25) is 0 Å². The fourth-order valence-corrected chi connectivity index (χ4v) is 7.17. The van der Waals surface area contributed by atoms with Crippen LogP contribution in [-0.2, 0) is 37.5 Å². The molecule has 328 valence electrons. The van der Waals surface area contributed by atoms with Gasteiger partial charge in [-0.1, -0.05) is 94.6 Å². The molecule has 1 aliphatic rings. The first kappa shape index (κ1) is 52.5. The maximum absolute atomic E-state index is 12.8. The molecular formula is C43H74NO12P. The standard InChI is InChI=1S/C43H74NO12P/c1-3-5-7-8-9-10-11-12-13-14-15-16-17-18-20-25-42(49)53-33-37(34-55-57(51,52)54-30-29-44)56-43(50)26-22-21-24-36(46)31-39-38(40(47)32-41(39)48)28-27-35(45)23-19-6-4-2/h9-10,12-13,15-16,27-28,35,37-41,45,47-48H,3-8,11,14,17-26,29-34,44H2,1-2H3,(H,51,52)/b10-9-,13-12-,16-15-,28-27+/t35-,37+,38+,39+,40+,41-/m0/s1. The van der Waals surface area contributed by atoms with Crippen molar-refractivity contribution in [2.24, 2.45) is 17.6 Å². The maximum Gasteiger partial charge on any atom is 0.472 e. The van der Waals surface area contributed by atoms with Crippen LogP contribution in [0.4, 0.5) is 0 Å². The van der Waals surface area contributed by atoms with E-state index in [4.69, 9.17) is 24.3 Å². The number of ketones is 1. The summed E-state index contributed by atoms with van der Waals surface area (Å²) in [6.07, 6.45) is 26.4. The molecule has 1 fully saturated rings. The number of allylic oxidation sites excluding steroid dienone is 6. The Morgan fingerprint density at radius 3 is 2.04 bits per heavy atom. The van der Waals surface area contributed by atoms with E-state index in [1.165, 1.54) is 19.3 Å². The zero-order valence-electron chi connectivity index (χ0n) is 34.6. The van der Waals surface area contributed by atoms with Gasteiger partial charge in [-0.25, -0.2) is 4.57 Å². The lowest BCUT2D eigenvalue weighted by Gasteiger charge is -2.20. The molecule has 0 saturated heterocycles. The number of phosphoric acid groups is 1. The highest BCUT2D eigenvalue weighted by Crippen LogP contribution is 2.43. The second-order valence-corrected chi connectivity index (χ2v) is 16.3. The molecule has 1 aliphatic carbocycles. The molecule has 1 saturated carbocycles. The molecule has 0 amide bonds. The molecular weight excluding hydrogens is 753 g/mol. The minimum atomic E-state index is -4.49. The van der Waals surface area contributed by atoms with E-state index in [9.17, 15) is 39.2 Å². The van der Waals surface area contributed by atoms with Crippen LogP contribution >= 0.6 is 7.82 Å². The summed E-state index contributed by atoms with van der Waals surface area (Å²) in [5.41, 5.74) is 5.33. The lowest BCUT2D eigenvalue weighted by atomic mass is 9.87. The van der Waals surface area contributed by atoms with Crippen molar-refractivity contribution in [1.82, 2.24) is 0 Å². The number of aliphatic hydroxyl groups is 3. The van der Waals surface area contributed by atoms with Gasteiger partial charge in [-0.05, 0) is 64.2 Å². The Hall–Kier alpha value is -2.48. The molecule has 0 aromatic rings. The quantitative estimate of drug-likeness (QED) is 0.0182. The Morgan fingerprint density at radius 2 is 1.37 bits per heavy atom. The van der Waals surface area contributed by atoms with Crippen LogP contribution in [0.3, 0.4) is 0 Å². The van der Waals surface area contributed by atoms with Gasteiger partial charge in [0, 0.05) is 50.5 Å². The van der Waals surface area contributed by atoms with Crippen LogP contribution in [-0.4, -0.2) is 88.7 Å². The van der Waals surface area contributed by atoms with Crippen molar-refractivity contribution >= 4 is 25.5 Å². The summed E-state index contributed by atoms with van der Waals surface area (Å²) in [7, 11) is -4.49. The molecule has 0 aliphatic heterocycles. The summed E-state index contributed by atoms with van der Waals surface area (Å²) in [6.45, 7) is 3.09. The third kappa shape index (κ3) is 27.8. The molecule has 0 aromatic carbocycles. The Morgan fingerprint density at radius 1 is 0.772 bits per heavy atom. The van der Waals surface area contributed by atoms with Gasteiger partial charge in [0.25, 0.3) is 0 Å². The molecule has 1 unspecified atom stereocenters. The van der Waals surface area contributed by atoms with Gasteiger partial charge in [-0.3, -0.25) is 23.4 Å². The number of phosphoric ester groups is 1. The zero-order valence-corrected chi connectivity index (χ0v) is 35.5. The number of unbranched alkanes of at least 4 members (excludes halogenated alkanes) is 8. The van der Waals surface area contributed by atoms with Gasteiger partial charge >= 0.3 is 19.8 Å². The minimum Gasteiger partial charge on any atom is -0.462 e. The minimum absolute atomic E-state index is 0.0133. The number of ether oxygens (including phenoxy) is 2. The third-order valence-corrected chi connectivity index (χ3v) is 10.7.